The largest absolute Gasteiger partial charge is 0.296 e. The maximum absolute atomic E-state index is 10.4. The summed E-state index contributed by atoms with van der Waals surface area (Å²) in [5.41, 5.74) is 0.384. The third-order valence-corrected chi connectivity index (χ3v) is 2.65. The van der Waals surface area contributed by atoms with Gasteiger partial charge in [0.2, 0.25) is 0 Å². The molecule has 2 nitrogen and oxygen atoms in total. The zero-order valence-electron chi connectivity index (χ0n) is 5.95. The highest BCUT2D eigenvalue weighted by atomic mass is 35.5. The molecule has 0 bridgehead atoms. The lowest BCUT2D eigenvalue weighted by atomic mass is 10.3. The number of aldehydes is 1. The summed E-state index contributed by atoms with van der Waals surface area (Å²) in [6.07, 6.45) is 0.699. The summed E-state index contributed by atoms with van der Waals surface area (Å²) in [7, 11) is 0. The normalized spacial score (nSPS) is 10.4. The Labute approximate surface area is 77.8 Å². The highest BCUT2D eigenvalue weighted by Crippen LogP contribution is 2.26. The van der Waals surface area contributed by atoms with Gasteiger partial charge in [0.1, 0.15) is 10.5 Å². The summed E-state index contributed by atoms with van der Waals surface area (Å²) in [6.45, 7) is 0. The molecule has 2 aromatic heterocycles. The van der Waals surface area contributed by atoms with Crippen LogP contribution in [0.1, 0.15) is 10.5 Å². The zero-order chi connectivity index (χ0) is 8.55. The second kappa shape index (κ2) is 2.84. The molecule has 0 atom stereocenters. The third-order valence-electron chi connectivity index (χ3n) is 1.53. The average molecular weight is 198 g/mol. The first kappa shape index (κ1) is 7.71. The fourth-order valence-electron chi connectivity index (χ4n) is 0.987. The van der Waals surface area contributed by atoms with Crippen LogP contribution in [0.15, 0.2) is 17.5 Å². The lowest BCUT2D eigenvalue weighted by Gasteiger charge is -1.93. The molecule has 0 spiro atoms. The van der Waals surface area contributed by atoms with Gasteiger partial charge >= 0.3 is 0 Å². The lowest BCUT2D eigenvalue weighted by molar-refractivity contribution is 0.111. The minimum Gasteiger partial charge on any atom is -0.296 e. The number of carbonyl (C=O) groups is 1. The predicted molar refractivity (Wildman–Crippen MR) is 50.0 cm³/mol. The molecule has 12 heavy (non-hydrogen) atoms. The van der Waals surface area contributed by atoms with E-state index in [1.165, 1.54) is 11.3 Å². The molecule has 2 rings (SSSR count). The van der Waals surface area contributed by atoms with E-state index in [1.807, 2.05) is 11.4 Å². The highest BCUT2D eigenvalue weighted by molar-refractivity contribution is 7.16. The second-order valence-electron chi connectivity index (χ2n) is 2.29. The van der Waals surface area contributed by atoms with Crippen LogP contribution in [0, 0.1) is 0 Å². The van der Waals surface area contributed by atoms with E-state index < -0.39 is 0 Å². The lowest BCUT2D eigenvalue weighted by Crippen LogP contribution is -1.84. The number of pyridine rings is 1. The molecule has 0 aliphatic rings. The molecule has 0 saturated heterocycles. The summed E-state index contributed by atoms with van der Waals surface area (Å²) in [5.74, 6) is 0. The van der Waals surface area contributed by atoms with Crippen molar-refractivity contribution < 1.29 is 4.79 Å². The molecule has 0 unspecified atom stereocenters. The SMILES string of the molecule is O=Cc1cc(Cl)c2ccsc2n1. The van der Waals surface area contributed by atoms with Gasteiger partial charge in [-0.15, -0.1) is 11.3 Å². The minimum atomic E-state index is 0.384. The number of hydrogen-bond donors (Lipinski definition) is 0. The Morgan fingerprint density at radius 3 is 3.17 bits per heavy atom. The van der Waals surface area contributed by atoms with Gasteiger partial charge in [0.25, 0.3) is 0 Å². The van der Waals surface area contributed by atoms with E-state index in [4.69, 9.17) is 11.6 Å². The maximum atomic E-state index is 10.4. The van der Waals surface area contributed by atoms with Gasteiger partial charge in [0.15, 0.2) is 6.29 Å². The Morgan fingerprint density at radius 1 is 1.58 bits per heavy atom. The topological polar surface area (TPSA) is 30.0 Å². The fraction of sp³-hybridized carbons (Fsp3) is 0. The quantitative estimate of drug-likeness (QED) is 0.658. The first-order valence-electron chi connectivity index (χ1n) is 3.30. The van der Waals surface area contributed by atoms with Crippen LogP contribution in [0.4, 0.5) is 0 Å². The second-order valence-corrected chi connectivity index (χ2v) is 3.59. The Kier molecular flexibility index (Phi) is 1.83. The van der Waals surface area contributed by atoms with Crippen LogP contribution in [0.25, 0.3) is 10.2 Å². The van der Waals surface area contributed by atoms with Gasteiger partial charge in [0.05, 0.1) is 5.02 Å². The smallest absolute Gasteiger partial charge is 0.168 e. The van der Waals surface area contributed by atoms with Crippen LogP contribution in [-0.4, -0.2) is 11.3 Å². The van der Waals surface area contributed by atoms with Crippen molar-refractivity contribution in [2.24, 2.45) is 0 Å². The van der Waals surface area contributed by atoms with Crippen molar-refractivity contribution in [2.75, 3.05) is 0 Å². The van der Waals surface area contributed by atoms with Gasteiger partial charge in [-0.1, -0.05) is 11.6 Å². The Hall–Kier alpha value is -0.930. The molecule has 0 aliphatic heterocycles. The van der Waals surface area contributed by atoms with Crippen molar-refractivity contribution in [2.45, 2.75) is 0 Å². The van der Waals surface area contributed by atoms with Crippen LogP contribution in [-0.2, 0) is 0 Å². The fourth-order valence-corrected chi connectivity index (χ4v) is 2.10. The molecule has 0 amide bonds. The third kappa shape index (κ3) is 1.11. The molecule has 2 heterocycles. The van der Waals surface area contributed by atoms with Gasteiger partial charge in [0, 0.05) is 5.39 Å². The Morgan fingerprint density at radius 2 is 2.42 bits per heavy atom. The molecule has 0 radical (unpaired) electrons. The van der Waals surface area contributed by atoms with E-state index in [-0.39, 0.29) is 0 Å². The van der Waals surface area contributed by atoms with Crippen LogP contribution in [0.3, 0.4) is 0 Å². The van der Waals surface area contributed by atoms with Crippen molar-refractivity contribution in [3.8, 4) is 0 Å². The number of aromatic nitrogens is 1. The van der Waals surface area contributed by atoms with E-state index >= 15 is 0 Å². The zero-order valence-corrected chi connectivity index (χ0v) is 7.52. The number of nitrogens with zero attached hydrogens (tertiary/aromatic N) is 1. The number of rotatable bonds is 1. The summed E-state index contributed by atoms with van der Waals surface area (Å²) >= 11 is 7.37. The molecule has 0 saturated carbocycles. The molecule has 4 heteroatoms. The van der Waals surface area contributed by atoms with Crippen molar-refractivity contribution in [1.29, 1.82) is 0 Å². The van der Waals surface area contributed by atoms with Gasteiger partial charge < -0.3 is 0 Å². The van der Waals surface area contributed by atoms with Crippen LogP contribution in [0.5, 0.6) is 0 Å². The van der Waals surface area contributed by atoms with Crippen LogP contribution >= 0.6 is 22.9 Å². The van der Waals surface area contributed by atoms with E-state index in [0.717, 1.165) is 10.2 Å². The Balaban J connectivity index is 2.83. The molecule has 0 N–H and O–H groups in total. The van der Waals surface area contributed by atoms with Crippen LogP contribution < -0.4 is 0 Å². The summed E-state index contributed by atoms with van der Waals surface area (Å²) in [4.78, 5) is 15.3. The van der Waals surface area contributed by atoms with Gasteiger partial charge in [-0.2, -0.15) is 0 Å². The van der Waals surface area contributed by atoms with Gasteiger partial charge in [-0.05, 0) is 17.5 Å². The van der Waals surface area contributed by atoms with Crippen molar-refractivity contribution >= 4 is 39.4 Å². The number of halogens is 1. The molecule has 0 fully saturated rings. The maximum Gasteiger partial charge on any atom is 0.168 e. The molecule has 0 aliphatic carbocycles. The first-order valence-corrected chi connectivity index (χ1v) is 4.56. The van der Waals surface area contributed by atoms with E-state index in [2.05, 4.69) is 4.98 Å². The molecule has 0 aromatic carbocycles. The van der Waals surface area contributed by atoms with E-state index in [9.17, 15) is 4.79 Å². The molecular weight excluding hydrogens is 194 g/mol. The Bertz CT molecular complexity index is 438. The minimum absolute atomic E-state index is 0.384. The number of thiophene rings is 1. The average Bonchev–Trinajstić information content (AvgIpc) is 2.52. The molecular formula is C8H4ClNOS. The summed E-state index contributed by atoms with van der Waals surface area (Å²) < 4.78 is 0. The summed E-state index contributed by atoms with van der Waals surface area (Å²) in [6, 6.07) is 3.47. The van der Waals surface area contributed by atoms with Crippen molar-refractivity contribution in [3.05, 3.63) is 28.2 Å². The van der Waals surface area contributed by atoms with Crippen LogP contribution in [0.2, 0.25) is 5.02 Å². The standard InChI is InChI=1S/C8H4ClNOS/c9-7-3-5(4-11)10-8-6(7)1-2-12-8/h1-4H. The number of hydrogen-bond acceptors (Lipinski definition) is 3. The van der Waals surface area contributed by atoms with Crippen molar-refractivity contribution in [1.82, 2.24) is 4.98 Å². The van der Waals surface area contributed by atoms with E-state index in [1.54, 1.807) is 6.07 Å². The van der Waals surface area contributed by atoms with Gasteiger partial charge in [-0.25, -0.2) is 4.98 Å². The van der Waals surface area contributed by atoms with Crippen molar-refractivity contribution in [3.63, 3.8) is 0 Å². The van der Waals surface area contributed by atoms with Gasteiger partial charge in [-0.3, -0.25) is 4.79 Å². The van der Waals surface area contributed by atoms with E-state index in [0.29, 0.717) is 17.0 Å². The molecule has 2 aromatic rings. The highest BCUT2D eigenvalue weighted by Gasteiger charge is 2.03. The first-order chi connectivity index (χ1) is 5.81. The molecule has 60 valence electrons. The monoisotopic (exact) mass is 197 g/mol. The number of carbonyl (C=O) groups excluding carboxylic acids is 1. The predicted octanol–water partition coefficient (Wildman–Crippen LogP) is 2.76. The number of fused-ring (bicyclic) bond motifs is 1. The summed E-state index contributed by atoms with van der Waals surface area (Å²) in [5, 5.41) is 3.40.